The minimum absolute atomic E-state index is 0.103. The fourth-order valence-corrected chi connectivity index (χ4v) is 11.4. The number of hydrogen-bond acceptors (Lipinski definition) is 22. The van der Waals surface area contributed by atoms with Crippen LogP contribution in [0, 0.1) is 37.5 Å². The zero-order valence-electron chi connectivity index (χ0n) is 55.9. The van der Waals surface area contributed by atoms with Crippen molar-refractivity contribution < 1.29 is 81.6 Å². The van der Waals surface area contributed by atoms with Gasteiger partial charge in [-0.15, -0.1) is 0 Å². The summed E-state index contributed by atoms with van der Waals surface area (Å²) >= 11 is 0. The number of likely N-dealkylation sites (tertiary alicyclic amines) is 2. The van der Waals surface area contributed by atoms with Crippen molar-refractivity contribution in [1.29, 1.82) is 0 Å². The number of nitrogen functional groups attached to an aromatic ring is 1. The van der Waals surface area contributed by atoms with Crippen LogP contribution in [-0.4, -0.2) is 231 Å². The topological polar surface area (TPSA) is 428 Å². The average Bonchev–Trinajstić information content (AvgIpc) is 1.14. The monoisotopic (exact) mass is 1300 g/mol. The van der Waals surface area contributed by atoms with Crippen LogP contribution in [0.3, 0.4) is 0 Å². The molecule has 8 amide bonds. The van der Waals surface area contributed by atoms with Gasteiger partial charge in [-0.05, 0) is 88.7 Å². The van der Waals surface area contributed by atoms with Gasteiger partial charge in [0.2, 0.25) is 52.7 Å². The lowest BCUT2D eigenvalue weighted by Crippen LogP contribution is -2.59. The number of likely N-dealkylation sites (N-methyl/N-ethyl adjacent to an activating group) is 4. The maximum atomic E-state index is 14.3. The van der Waals surface area contributed by atoms with Crippen LogP contribution in [0.25, 0.3) is 22.6 Å². The van der Waals surface area contributed by atoms with E-state index in [0.29, 0.717) is 24.8 Å². The minimum atomic E-state index is -1.51. The Labute approximate surface area is 539 Å². The summed E-state index contributed by atoms with van der Waals surface area (Å²) in [6.45, 7) is 17.9. The molecule has 1 aromatic carbocycles. The van der Waals surface area contributed by atoms with Crippen LogP contribution in [0.4, 0.5) is 5.69 Å². The Bertz CT molecular complexity index is 3400. The molecule has 4 aliphatic rings. The number of nitrogens with zero attached hydrogens (tertiary/aromatic N) is 7. The van der Waals surface area contributed by atoms with Crippen molar-refractivity contribution in [2.75, 3.05) is 60.1 Å². The summed E-state index contributed by atoms with van der Waals surface area (Å²) in [5.74, 6) is -13.2. The Balaban J connectivity index is 1.35. The van der Waals surface area contributed by atoms with Gasteiger partial charge < -0.3 is 81.3 Å². The van der Waals surface area contributed by atoms with Gasteiger partial charge in [-0.1, -0.05) is 67.9 Å². The first-order valence-electron chi connectivity index (χ1n) is 31.1. The normalized spacial score (nSPS) is 17.8. The predicted octanol–water partition coefficient (Wildman–Crippen LogP) is -0.189. The number of nitrogens with two attached hydrogens (primary N) is 3. The van der Waals surface area contributed by atoms with Crippen molar-refractivity contribution in [2.24, 2.45) is 35.1 Å². The number of ether oxygens (including phenoxy) is 2. The number of anilines is 1. The molecule has 0 unspecified atom stereocenters. The number of amides is 8. The number of rotatable bonds is 25. The number of fused-ring (bicyclic) bond motifs is 2. The van der Waals surface area contributed by atoms with Gasteiger partial charge in [0.1, 0.15) is 65.1 Å². The number of nitrogens with one attached hydrogen (secondary N) is 2. The maximum absolute atomic E-state index is 14.3. The third-order valence-electron chi connectivity index (χ3n) is 17.4. The molecule has 1 aromatic rings. The summed E-state index contributed by atoms with van der Waals surface area (Å²) in [4.78, 5) is 192. The molecule has 30 nitrogen and oxygen atoms in total. The Morgan fingerprint density at radius 2 is 1.10 bits per heavy atom. The molecule has 0 spiro atoms. The third kappa shape index (κ3) is 16.7. The van der Waals surface area contributed by atoms with Crippen molar-refractivity contribution in [3.05, 3.63) is 44.6 Å². The van der Waals surface area contributed by atoms with Gasteiger partial charge in [0, 0.05) is 46.8 Å². The van der Waals surface area contributed by atoms with Crippen molar-refractivity contribution in [3.63, 3.8) is 0 Å². The molecule has 1 aliphatic carbocycles. The maximum Gasteiger partial charge on any atom is 0.350 e. The number of carbonyl (C=O) groups excluding carboxylic acids is 12. The third-order valence-corrected chi connectivity index (χ3v) is 17.4. The Hall–Kier alpha value is -8.48. The van der Waals surface area contributed by atoms with E-state index in [1.54, 1.807) is 55.4 Å². The van der Waals surface area contributed by atoms with Crippen molar-refractivity contribution >= 4 is 87.9 Å². The highest BCUT2D eigenvalue weighted by Gasteiger charge is 2.45. The molecule has 2 saturated heterocycles. The van der Waals surface area contributed by atoms with E-state index in [2.05, 4.69) is 15.6 Å². The first kappa shape index (κ1) is 75.2. The van der Waals surface area contributed by atoms with Gasteiger partial charge in [-0.25, -0.2) is 24.2 Å². The summed E-state index contributed by atoms with van der Waals surface area (Å²) in [5.41, 5.74) is 14.5. The molecule has 512 valence electrons. The second kappa shape index (κ2) is 31.4. The molecule has 0 saturated carbocycles. The number of hydrogen-bond donors (Lipinski definition) is 7. The highest BCUT2D eigenvalue weighted by molar-refractivity contribution is 6.10. The smallest absolute Gasteiger partial charge is 0.350 e. The second-order valence-corrected chi connectivity index (χ2v) is 25.4. The number of esters is 4. The number of aryl methyl sites for hydroxylation is 1. The molecular formula is C63H92N12O18. The van der Waals surface area contributed by atoms with Crippen LogP contribution in [0.1, 0.15) is 133 Å². The zero-order chi connectivity index (χ0) is 70.3. The van der Waals surface area contributed by atoms with E-state index in [0.717, 1.165) is 19.6 Å². The van der Waals surface area contributed by atoms with Gasteiger partial charge in [-0.2, -0.15) is 0 Å². The van der Waals surface area contributed by atoms with Crippen molar-refractivity contribution in [1.82, 2.24) is 45.0 Å². The van der Waals surface area contributed by atoms with Crippen LogP contribution in [0.5, 0.6) is 0 Å². The van der Waals surface area contributed by atoms with Crippen molar-refractivity contribution in [3.8, 4) is 11.5 Å². The first-order chi connectivity index (χ1) is 43.3. The molecule has 30 heteroatoms. The fraction of sp³-hybridized carbons (Fsp3) is 0.619. The van der Waals surface area contributed by atoms with Crippen LogP contribution >= 0.6 is 0 Å². The SMILES string of the molecule is CC[C@H](C)[C@@H](NC(=O)[C@@H](N)[C@@H](C)O)C(=O)N1CCC[C@H]1C(=O)N(C)CC(=O)N(C)[C@H](C(=O)OC(=O)c1ccc(C)c2oc3c(C)c(=O)c(N)c(C(=O)OC(=O)[C@H](C(C)C)N(C)C(=O)CN(C)C(=O)[C@@H]4CCCN4C(=O)[C@H](NC(=O)[C@@H](N)[C@@H](C)O)C(C)C)c-3nc12)C(C)C. The van der Waals surface area contributed by atoms with Crippen LogP contribution in [0.15, 0.2) is 21.3 Å². The highest BCUT2D eigenvalue weighted by Crippen LogP contribution is 2.36. The van der Waals surface area contributed by atoms with E-state index in [-0.39, 0.29) is 54.3 Å². The molecule has 0 aromatic heterocycles. The summed E-state index contributed by atoms with van der Waals surface area (Å²) < 4.78 is 17.0. The number of aromatic nitrogens is 1. The van der Waals surface area contributed by atoms with Crippen LogP contribution in [-0.2, 0) is 57.4 Å². The molecule has 0 radical (unpaired) electrons. The Morgan fingerprint density at radius 3 is 1.52 bits per heavy atom. The van der Waals surface area contributed by atoms with E-state index in [9.17, 15) is 72.5 Å². The number of benzene rings is 2. The second-order valence-electron chi connectivity index (χ2n) is 25.4. The van der Waals surface area contributed by atoms with Crippen LogP contribution in [0.2, 0.25) is 0 Å². The number of carbonyl (C=O) groups is 12. The molecule has 3 heterocycles. The summed E-state index contributed by atoms with van der Waals surface area (Å²) in [5, 5.41) is 25.0. The largest absolute Gasteiger partial charge is 0.452 e. The van der Waals surface area contributed by atoms with Gasteiger partial charge in [-0.3, -0.25) is 43.2 Å². The molecule has 10 N–H and O–H groups in total. The van der Waals surface area contributed by atoms with E-state index in [1.165, 1.54) is 70.9 Å². The molecule has 2 fully saturated rings. The lowest BCUT2D eigenvalue weighted by Gasteiger charge is -2.34. The van der Waals surface area contributed by atoms with Gasteiger partial charge in [0.05, 0.1) is 36.5 Å². The Morgan fingerprint density at radius 1 is 0.667 bits per heavy atom. The van der Waals surface area contributed by atoms with Gasteiger partial charge in [0.15, 0.2) is 11.3 Å². The summed E-state index contributed by atoms with van der Waals surface area (Å²) in [7, 11) is 5.20. The molecule has 0 bridgehead atoms. The molecule has 93 heavy (non-hydrogen) atoms. The Kier molecular flexibility index (Phi) is 25.4. The van der Waals surface area contributed by atoms with Gasteiger partial charge >= 0.3 is 23.9 Å². The number of aliphatic hydroxyl groups is 2. The highest BCUT2D eigenvalue weighted by atomic mass is 16.6. The molecule has 3 aliphatic heterocycles. The quantitative estimate of drug-likeness (QED) is 0.0250. The molecular weight excluding hydrogens is 1210 g/mol. The summed E-state index contributed by atoms with van der Waals surface area (Å²) in [6, 6.07) is -7.10. The van der Waals surface area contributed by atoms with E-state index >= 15 is 0 Å². The molecule has 5 rings (SSSR count). The van der Waals surface area contributed by atoms with E-state index < -0.39 is 190 Å². The predicted molar refractivity (Wildman–Crippen MR) is 337 cm³/mol. The number of aliphatic hydroxyl groups excluding tert-OH is 2. The lowest BCUT2D eigenvalue weighted by atomic mass is 9.96. The first-order valence-corrected chi connectivity index (χ1v) is 31.1. The zero-order valence-corrected chi connectivity index (χ0v) is 55.9. The minimum Gasteiger partial charge on any atom is -0.452 e. The van der Waals surface area contributed by atoms with E-state index in [1.807, 2.05) is 6.92 Å². The van der Waals surface area contributed by atoms with E-state index in [4.69, 9.17) is 31.1 Å². The van der Waals surface area contributed by atoms with Crippen molar-refractivity contribution in [2.45, 2.75) is 176 Å². The lowest BCUT2D eigenvalue weighted by molar-refractivity contribution is -0.153. The fourth-order valence-electron chi connectivity index (χ4n) is 11.4. The summed E-state index contributed by atoms with van der Waals surface area (Å²) in [6.07, 6.45) is -0.596. The average molecular weight is 1310 g/mol. The standard InChI is InChI=1S/C63H92N12O18/c1-17-31(8)46(69-55(82)43(65)35(12)77)59(86)75-25-19-21-38(75)57(84)71(14)26-39(78)72(15)49(29(4)5)62(89)92-60(87)36-23-22-32(9)52-47(36)67-48-41(44(66)51(80)33(10)53(48)91-52)61(88)93-63(90)50(30(6)7)73(16)40(79)27-70(13)56(83)37-20-18-24-74(37)58(85)45(28(2)3)68-54(81)42(64)34(11)76/h22-23,28-31,34-35,37-38,42-43,45-46,49-50,76-77H,17-21,24-27,64-66H2,1-16H3,(H,68,81)(H,69,82)/t31-,34+,35+,37-,38-,42-,43-,45+,46+,49-,50-/m0/s1. The van der Waals surface area contributed by atoms with Gasteiger partial charge in [0.25, 0.3) is 0 Å². The van der Waals surface area contributed by atoms with Crippen LogP contribution < -0.4 is 33.3 Å². The molecule has 11 atom stereocenters.